The molecule has 15 heteroatoms. The molecular formula is C16H31N7O8. The van der Waals surface area contributed by atoms with Crippen LogP contribution in [0, 0.1) is 0 Å². The first-order valence-corrected chi connectivity index (χ1v) is 9.29. The van der Waals surface area contributed by atoms with Crippen molar-refractivity contribution in [2.75, 3.05) is 19.8 Å². The summed E-state index contributed by atoms with van der Waals surface area (Å²) in [6, 6.07) is -5.78. The number of carbonyl (C=O) groups excluding carboxylic acids is 3. The van der Waals surface area contributed by atoms with E-state index < -0.39 is 67.2 Å². The Labute approximate surface area is 178 Å². The summed E-state index contributed by atoms with van der Waals surface area (Å²) in [4.78, 5) is 51.7. The minimum atomic E-state index is -1.61. The summed E-state index contributed by atoms with van der Waals surface area (Å²) in [5, 5.41) is 43.3. The second-order valence-corrected chi connectivity index (χ2v) is 6.61. The van der Waals surface area contributed by atoms with E-state index in [1.165, 1.54) is 6.92 Å². The van der Waals surface area contributed by atoms with Gasteiger partial charge in [0, 0.05) is 6.54 Å². The van der Waals surface area contributed by atoms with E-state index >= 15 is 0 Å². The number of aliphatic carboxylic acids is 1. The van der Waals surface area contributed by atoms with E-state index in [2.05, 4.69) is 20.9 Å². The molecule has 0 aliphatic rings. The number of carboxylic acids is 1. The zero-order chi connectivity index (χ0) is 24.1. The molecule has 0 saturated heterocycles. The second kappa shape index (κ2) is 14.1. The van der Waals surface area contributed by atoms with Crippen molar-refractivity contribution in [3.8, 4) is 0 Å². The van der Waals surface area contributed by atoms with E-state index in [-0.39, 0.29) is 25.3 Å². The summed E-state index contributed by atoms with van der Waals surface area (Å²) in [5.74, 6) is -4.49. The fourth-order valence-electron chi connectivity index (χ4n) is 2.24. The average Bonchev–Trinajstić information content (AvgIpc) is 2.70. The van der Waals surface area contributed by atoms with Gasteiger partial charge >= 0.3 is 5.97 Å². The smallest absolute Gasteiger partial charge is 0.328 e. The summed E-state index contributed by atoms with van der Waals surface area (Å²) >= 11 is 0. The maximum atomic E-state index is 12.6. The van der Waals surface area contributed by atoms with Crippen LogP contribution in [0.3, 0.4) is 0 Å². The molecule has 0 heterocycles. The molecule has 0 aromatic rings. The van der Waals surface area contributed by atoms with Gasteiger partial charge < -0.3 is 53.6 Å². The Kier molecular flexibility index (Phi) is 12.7. The zero-order valence-electron chi connectivity index (χ0n) is 17.0. The van der Waals surface area contributed by atoms with Crippen molar-refractivity contribution >= 4 is 29.7 Å². The molecular weight excluding hydrogens is 418 g/mol. The molecule has 0 saturated carbocycles. The molecule has 0 rings (SSSR count). The van der Waals surface area contributed by atoms with Crippen LogP contribution in [-0.2, 0) is 19.2 Å². The predicted octanol–water partition coefficient (Wildman–Crippen LogP) is -5.73. The lowest BCUT2D eigenvalue weighted by Crippen LogP contribution is -2.60. The number of aliphatic hydroxyl groups excluding tert-OH is 3. The van der Waals surface area contributed by atoms with Gasteiger partial charge in [-0.05, 0) is 19.8 Å². The number of nitrogens with zero attached hydrogens (tertiary/aromatic N) is 1. The number of nitrogens with two attached hydrogens (primary N) is 3. The van der Waals surface area contributed by atoms with Gasteiger partial charge in [0.1, 0.15) is 24.2 Å². The van der Waals surface area contributed by atoms with Gasteiger partial charge in [0.25, 0.3) is 0 Å². The lowest BCUT2D eigenvalue weighted by Gasteiger charge is -2.26. The highest BCUT2D eigenvalue weighted by Crippen LogP contribution is 2.03. The SMILES string of the molecule is CC(O)C(NC(=O)C(N)CO)C(=O)NC(CCCN=C(N)N)C(=O)NC(CO)C(=O)O. The molecule has 0 aliphatic heterocycles. The van der Waals surface area contributed by atoms with E-state index in [0.29, 0.717) is 0 Å². The van der Waals surface area contributed by atoms with E-state index in [9.17, 15) is 24.3 Å². The van der Waals surface area contributed by atoms with Crippen molar-refractivity contribution < 1.29 is 39.6 Å². The van der Waals surface area contributed by atoms with Gasteiger partial charge in [0.2, 0.25) is 17.7 Å². The van der Waals surface area contributed by atoms with E-state index in [0.717, 1.165) is 0 Å². The minimum Gasteiger partial charge on any atom is -0.480 e. The summed E-state index contributed by atoms with van der Waals surface area (Å²) in [6.45, 7) is -0.282. The Bertz CT molecular complexity index is 654. The Morgan fingerprint density at radius 3 is 1.97 bits per heavy atom. The van der Waals surface area contributed by atoms with Crippen molar-refractivity contribution in [2.45, 2.75) is 50.0 Å². The molecule has 0 aromatic carbocycles. The molecule has 15 nitrogen and oxygen atoms in total. The fraction of sp³-hybridized carbons (Fsp3) is 0.688. The number of hydrogen-bond donors (Lipinski definition) is 10. The molecule has 0 spiro atoms. The highest BCUT2D eigenvalue weighted by atomic mass is 16.4. The van der Waals surface area contributed by atoms with Crippen LogP contribution < -0.4 is 33.2 Å². The maximum Gasteiger partial charge on any atom is 0.328 e. The topological polar surface area (TPSA) is 276 Å². The third-order valence-corrected chi connectivity index (χ3v) is 3.97. The molecule has 0 fully saturated rings. The van der Waals surface area contributed by atoms with E-state index in [4.69, 9.17) is 32.5 Å². The number of rotatable bonds is 14. The van der Waals surface area contributed by atoms with E-state index in [1.807, 2.05) is 0 Å². The molecule has 13 N–H and O–H groups in total. The lowest BCUT2D eigenvalue weighted by molar-refractivity contribution is -0.143. The molecule has 178 valence electrons. The van der Waals surface area contributed by atoms with E-state index in [1.54, 1.807) is 0 Å². The van der Waals surface area contributed by atoms with Crippen LogP contribution in [0.5, 0.6) is 0 Å². The van der Waals surface area contributed by atoms with Gasteiger partial charge in [-0.3, -0.25) is 19.4 Å². The van der Waals surface area contributed by atoms with Gasteiger partial charge in [-0.15, -0.1) is 0 Å². The van der Waals surface area contributed by atoms with Gasteiger partial charge in [0.15, 0.2) is 5.96 Å². The highest BCUT2D eigenvalue weighted by molar-refractivity contribution is 5.94. The number of aliphatic imine (C=N–C) groups is 1. The Morgan fingerprint density at radius 2 is 1.52 bits per heavy atom. The summed E-state index contributed by atoms with van der Waals surface area (Å²) in [5.41, 5.74) is 15.8. The normalized spacial score (nSPS) is 15.5. The summed E-state index contributed by atoms with van der Waals surface area (Å²) < 4.78 is 0. The molecule has 31 heavy (non-hydrogen) atoms. The zero-order valence-corrected chi connectivity index (χ0v) is 17.0. The van der Waals surface area contributed by atoms with Crippen LogP contribution in [0.15, 0.2) is 4.99 Å². The van der Waals surface area contributed by atoms with Crippen LogP contribution in [0.25, 0.3) is 0 Å². The van der Waals surface area contributed by atoms with Crippen molar-refractivity contribution in [3.63, 3.8) is 0 Å². The standard InChI is InChI=1S/C16H31N7O8/c1-7(26)11(23-12(27)8(17)5-24)14(29)21-9(3-2-4-20-16(18)19)13(28)22-10(6-25)15(30)31/h7-11,24-26H,2-6,17H2,1H3,(H,21,29)(H,22,28)(H,23,27)(H,30,31)(H4,18,19,20). The monoisotopic (exact) mass is 449 g/mol. The van der Waals surface area contributed by atoms with Crippen LogP contribution in [0.1, 0.15) is 19.8 Å². The summed E-state index contributed by atoms with van der Waals surface area (Å²) in [6.07, 6.45) is -1.24. The highest BCUT2D eigenvalue weighted by Gasteiger charge is 2.32. The molecule has 5 unspecified atom stereocenters. The first kappa shape index (κ1) is 28.0. The molecule has 5 atom stereocenters. The number of carbonyl (C=O) groups is 4. The number of carboxylic acid groups (broad SMARTS) is 1. The summed E-state index contributed by atoms with van der Waals surface area (Å²) in [7, 11) is 0. The van der Waals surface area contributed by atoms with Crippen LogP contribution in [0.4, 0.5) is 0 Å². The van der Waals surface area contributed by atoms with Crippen LogP contribution >= 0.6 is 0 Å². The maximum absolute atomic E-state index is 12.6. The average molecular weight is 449 g/mol. The number of nitrogens with one attached hydrogen (secondary N) is 3. The van der Waals surface area contributed by atoms with Crippen molar-refractivity contribution in [1.29, 1.82) is 0 Å². The first-order chi connectivity index (χ1) is 14.4. The number of guanidine groups is 1. The molecule has 0 bridgehead atoms. The van der Waals surface area contributed by atoms with Gasteiger partial charge in [-0.2, -0.15) is 0 Å². The number of amides is 3. The molecule has 0 radical (unpaired) electrons. The Balaban J connectivity index is 5.40. The molecule has 3 amide bonds. The van der Waals surface area contributed by atoms with Gasteiger partial charge in [0.05, 0.1) is 19.3 Å². The van der Waals surface area contributed by atoms with Crippen LogP contribution in [-0.4, -0.2) is 100 Å². The predicted molar refractivity (Wildman–Crippen MR) is 107 cm³/mol. The van der Waals surface area contributed by atoms with Crippen molar-refractivity contribution in [1.82, 2.24) is 16.0 Å². The molecule has 0 aromatic heterocycles. The third-order valence-electron chi connectivity index (χ3n) is 3.97. The number of hydrogen-bond acceptors (Lipinski definition) is 9. The Hall–Kier alpha value is -3.01. The third kappa shape index (κ3) is 10.5. The Morgan fingerprint density at radius 1 is 0.935 bits per heavy atom. The van der Waals surface area contributed by atoms with Crippen molar-refractivity contribution in [3.05, 3.63) is 0 Å². The second-order valence-electron chi connectivity index (χ2n) is 6.61. The number of aliphatic hydroxyl groups is 3. The fourth-order valence-corrected chi connectivity index (χ4v) is 2.24. The van der Waals surface area contributed by atoms with Gasteiger partial charge in [-0.25, -0.2) is 4.79 Å². The quantitative estimate of drug-likeness (QED) is 0.0677. The lowest BCUT2D eigenvalue weighted by atomic mass is 10.1. The minimum absolute atomic E-state index is 0.0389. The van der Waals surface area contributed by atoms with Crippen LogP contribution in [0.2, 0.25) is 0 Å². The first-order valence-electron chi connectivity index (χ1n) is 9.29. The largest absolute Gasteiger partial charge is 0.480 e. The van der Waals surface area contributed by atoms with Crippen molar-refractivity contribution in [2.24, 2.45) is 22.2 Å². The molecule has 0 aliphatic carbocycles. The van der Waals surface area contributed by atoms with Gasteiger partial charge in [-0.1, -0.05) is 0 Å².